The number of nitrogens with zero attached hydrogens (tertiary/aromatic N) is 1. The lowest BCUT2D eigenvalue weighted by atomic mass is 9.86. The van der Waals surface area contributed by atoms with Gasteiger partial charge in [-0.3, -0.25) is 4.79 Å². The normalized spacial score (nSPS) is 24.3. The summed E-state index contributed by atoms with van der Waals surface area (Å²) in [7, 11) is -3.73. The molecule has 8 heteroatoms. The number of hydrogen-bond acceptors (Lipinski definition) is 7. The first-order chi connectivity index (χ1) is 13.2. The van der Waals surface area contributed by atoms with E-state index in [1.807, 2.05) is 0 Å². The third-order valence-corrected chi connectivity index (χ3v) is 6.93. The van der Waals surface area contributed by atoms with Crippen LogP contribution in [0.3, 0.4) is 0 Å². The zero-order valence-electron chi connectivity index (χ0n) is 15.5. The standard InChI is InChI=1S/C20H21NO6S/c1-20(2)19(23)18(21-11-17(22)26-12-21)15-10-14(8-9-16(15)27-20)28(24,25)13-6-4-3-5-7-13/h3-10,18-19,23H,11-12H2,1-2H3. The number of carbonyl (C=O) groups is 1. The molecule has 7 nitrogen and oxygen atoms in total. The Morgan fingerprint density at radius 1 is 1.11 bits per heavy atom. The van der Waals surface area contributed by atoms with E-state index in [0.29, 0.717) is 11.3 Å². The van der Waals surface area contributed by atoms with Crippen molar-refractivity contribution in [1.29, 1.82) is 0 Å². The van der Waals surface area contributed by atoms with Crippen molar-refractivity contribution in [2.24, 2.45) is 0 Å². The number of aliphatic hydroxyl groups is 1. The second-order valence-electron chi connectivity index (χ2n) is 7.50. The molecule has 1 saturated heterocycles. The van der Waals surface area contributed by atoms with Gasteiger partial charge in [0.15, 0.2) is 0 Å². The summed E-state index contributed by atoms with van der Waals surface area (Å²) in [5.74, 6) is 0.0952. The lowest BCUT2D eigenvalue weighted by Gasteiger charge is -2.44. The van der Waals surface area contributed by atoms with Crippen LogP contribution in [-0.4, -0.2) is 49.4 Å². The number of sulfone groups is 1. The molecule has 148 valence electrons. The number of esters is 1. The molecule has 2 aromatic carbocycles. The molecule has 0 bridgehead atoms. The molecule has 28 heavy (non-hydrogen) atoms. The molecule has 4 rings (SSSR count). The maximum Gasteiger partial charge on any atom is 0.321 e. The van der Waals surface area contributed by atoms with Crippen LogP contribution in [0, 0.1) is 0 Å². The van der Waals surface area contributed by atoms with Crippen molar-refractivity contribution in [2.45, 2.75) is 41.4 Å². The predicted molar refractivity (Wildman–Crippen MR) is 99.5 cm³/mol. The van der Waals surface area contributed by atoms with Gasteiger partial charge in [-0.05, 0) is 44.2 Å². The number of ether oxygens (including phenoxy) is 2. The Morgan fingerprint density at radius 3 is 2.46 bits per heavy atom. The van der Waals surface area contributed by atoms with Crippen molar-refractivity contribution >= 4 is 15.8 Å². The fraction of sp³-hybridized carbons (Fsp3) is 0.350. The maximum atomic E-state index is 13.0. The number of carbonyl (C=O) groups excluding carboxylic acids is 1. The van der Waals surface area contributed by atoms with Gasteiger partial charge in [0, 0.05) is 5.56 Å². The van der Waals surface area contributed by atoms with Crippen molar-refractivity contribution in [3.8, 4) is 5.75 Å². The molecular weight excluding hydrogens is 382 g/mol. The minimum Gasteiger partial charge on any atom is -0.485 e. The number of aliphatic hydroxyl groups excluding tert-OH is 1. The largest absolute Gasteiger partial charge is 0.485 e. The van der Waals surface area contributed by atoms with E-state index in [4.69, 9.17) is 9.47 Å². The van der Waals surface area contributed by atoms with Gasteiger partial charge in [-0.15, -0.1) is 0 Å². The van der Waals surface area contributed by atoms with E-state index in [1.165, 1.54) is 24.3 Å². The van der Waals surface area contributed by atoms with Crippen LogP contribution in [-0.2, 0) is 19.4 Å². The molecule has 0 spiro atoms. The highest BCUT2D eigenvalue weighted by Crippen LogP contribution is 2.44. The van der Waals surface area contributed by atoms with E-state index in [0.717, 1.165) is 0 Å². The second-order valence-corrected chi connectivity index (χ2v) is 9.45. The van der Waals surface area contributed by atoms with Crippen molar-refractivity contribution in [2.75, 3.05) is 13.3 Å². The van der Waals surface area contributed by atoms with Crippen LogP contribution in [0.2, 0.25) is 0 Å². The summed E-state index contributed by atoms with van der Waals surface area (Å²) in [5, 5.41) is 10.9. The van der Waals surface area contributed by atoms with Crippen molar-refractivity contribution < 1.29 is 27.8 Å². The molecule has 2 aliphatic rings. The van der Waals surface area contributed by atoms with Gasteiger partial charge in [-0.25, -0.2) is 13.3 Å². The summed E-state index contributed by atoms with van der Waals surface area (Å²) in [6, 6.07) is 12.1. The monoisotopic (exact) mass is 403 g/mol. The third-order valence-electron chi connectivity index (χ3n) is 5.17. The minimum atomic E-state index is -3.73. The Hall–Kier alpha value is -2.42. The van der Waals surface area contributed by atoms with Gasteiger partial charge < -0.3 is 14.6 Å². The molecule has 2 unspecified atom stereocenters. The van der Waals surface area contributed by atoms with Crippen LogP contribution in [0.4, 0.5) is 0 Å². The number of hydrogen-bond donors (Lipinski definition) is 1. The summed E-state index contributed by atoms with van der Waals surface area (Å²) < 4.78 is 37.0. The van der Waals surface area contributed by atoms with Crippen molar-refractivity contribution in [3.05, 3.63) is 54.1 Å². The Morgan fingerprint density at radius 2 is 1.82 bits per heavy atom. The summed E-state index contributed by atoms with van der Waals surface area (Å²) in [6.07, 6.45) is -0.982. The van der Waals surface area contributed by atoms with E-state index < -0.39 is 27.6 Å². The highest BCUT2D eigenvalue weighted by molar-refractivity contribution is 7.91. The summed E-state index contributed by atoms with van der Waals surface area (Å²) in [4.78, 5) is 13.6. The van der Waals surface area contributed by atoms with E-state index in [9.17, 15) is 18.3 Å². The molecule has 0 radical (unpaired) electrons. The molecule has 2 aliphatic heterocycles. The Labute approximate surface area is 163 Å². The van der Waals surface area contributed by atoms with Gasteiger partial charge in [-0.1, -0.05) is 18.2 Å². The molecule has 1 N–H and O–H groups in total. The van der Waals surface area contributed by atoms with Crippen LogP contribution in [0.5, 0.6) is 5.75 Å². The summed E-state index contributed by atoms with van der Waals surface area (Å²) >= 11 is 0. The number of fused-ring (bicyclic) bond motifs is 1. The summed E-state index contributed by atoms with van der Waals surface area (Å²) in [5.41, 5.74) is -0.398. The molecule has 0 amide bonds. The number of benzene rings is 2. The zero-order valence-corrected chi connectivity index (χ0v) is 16.3. The quantitative estimate of drug-likeness (QED) is 0.783. The highest BCUT2D eigenvalue weighted by Gasteiger charge is 2.47. The fourth-order valence-electron chi connectivity index (χ4n) is 3.63. The van der Waals surface area contributed by atoms with Crippen molar-refractivity contribution in [1.82, 2.24) is 4.90 Å². The smallest absolute Gasteiger partial charge is 0.321 e. The molecule has 2 atom stereocenters. The molecular formula is C20H21NO6S. The first-order valence-electron chi connectivity index (χ1n) is 8.91. The zero-order chi connectivity index (χ0) is 20.1. The number of cyclic esters (lactones) is 1. The van der Waals surface area contributed by atoms with Gasteiger partial charge in [0.2, 0.25) is 9.84 Å². The van der Waals surface area contributed by atoms with E-state index in [2.05, 4.69) is 0 Å². The number of rotatable bonds is 3. The maximum absolute atomic E-state index is 13.0. The SMILES string of the molecule is CC1(C)Oc2ccc(S(=O)(=O)c3ccccc3)cc2C(N2COC(=O)C2)C1O. The lowest BCUT2D eigenvalue weighted by molar-refractivity contribution is -0.137. The highest BCUT2D eigenvalue weighted by atomic mass is 32.2. The van der Waals surface area contributed by atoms with Crippen LogP contribution in [0.25, 0.3) is 0 Å². The third kappa shape index (κ3) is 3.07. The molecule has 2 heterocycles. The van der Waals surface area contributed by atoms with Gasteiger partial charge >= 0.3 is 5.97 Å². The molecule has 0 saturated carbocycles. The Balaban J connectivity index is 1.82. The average molecular weight is 403 g/mol. The van der Waals surface area contributed by atoms with Crippen LogP contribution in [0.1, 0.15) is 25.5 Å². The Kier molecular flexibility index (Phi) is 4.45. The lowest BCUT2D eigenvalue weighted by Crippen LogP contribution is -2.53. The van der Waals surface area contributed by atoms with Gasteiger partial charge in [0.1, 0.15) is 30.7 Å². The first kappa shape index (κ1) is 18.9. The topological polar surface area (TPSA) is 93.1 Å². The van der Waals surface area contributed by atoms with Gasteiger partial charge in [0.25, 0.3) is 0 Å². The molecule has 2 aromatic rings. The Bertz CT molecular complexity index is 1020. The van der Waals surface area contributed by atoms with E-state index >= 15 is 0 Å². The molecule has 0 aromatic heterocycles. The summed E-state index contributed by atoms with van der Waals surface area (Å²) in [6.45, 7) is 3.56. The van der Waals surface area contributed by atoms with Gasteiger partial charge in [0.05, 0.1) is 15.8 Å². The van der Waals surface area contributed by atoms with Crippen LogP contribution >= 0.6 is 0 Å². The second kappa shape index (κ2) is 6.58. The first-order valence-corrected chi connectivity index (χ1v) is 10.4. The van der Waals surface area contributed by atoms with Crippen LogP contribution in [0.15, 0.2) is 58.3 Å². The molecule has 1 fully saturated rings. The fourth-order valence-corrected chi connectivity index (χ4v) is 4.95. The van der Waals surface area contributed by atoms with Gasteiger partial charge in [-0.2, -0.15) is 0 Å². The average Bonchev–Trinajstić information content (AvgIpc) is 3.08. The molecule has 0 aliphatic carbocycles. The van der Waals surface area contributed by atoms with Crippen molar-refractivity contribution in [3.63, 3.8) is 0 Å². The van der Waals surface area contributed by atoms with E-state index in [-0.39, 0.29) is 29.0 Å². The predicted octanol–water partition coefficient (Wildman–Crippen LogP) is 1.91. The van der Waals surface area contributed by atoms with E-state index in [1.54, 1.807) is 43.0 Å². The van der Waals surface area contributed by atoms with Crippen LogP contribution < -0.4 is 4.74 Å². The minimum absolute atomic E-state index is 0.0207.